The molecular weight excluding hydrogens is 503 g/mol. The fourth-order valence-corrected chi connectivity index (χ4v) is 9.71. The number of hydrogen-bond acceptors (Lipinski definition) is 2. The van der Waals surface area contributed by atoms with Crippen molar-refractivity contribution in [2.24, 2.45) is 0 Å². The van der Waals surface area contributed by atoms with Crippen LogP contribution in [0.1, 0.15) is 96.3 Å². The summed E-state index contributed by atoms with van der Waals surface area (Å²) in [5.74, 6) is 0. The summed E-state index contributed by atoms with van der Waals surface area (Å²) in [4.78, 5) is 0. The molecule has 28 heavy (non-hydrogen) atoms. The normalized spacial score (nSPS) is 23.6. The monoisotopic (exact) mass is 536 g/mol. The van der Waals surface area contributed by atoms with Crippen molar-refractivity contribution in [2.45, 2.75) is 119 Å². The quantitative estimate of drug-likeness (QED) is 0.186. The summed E-state index contributed by atoms with van der Waals surface area (Å²) in [7, 11) is -5.46. The van der Waals surface area contributed by atoms with Gasteiger partial charge in [0.1, 0.15) is 0 Å². The molecule has 0 bridgehead atoms. The van der Waals surface area contributed by atoms with E-state index in [1.165, 1.54) is 36.2 Å². The van der Waals surface area contributed by atoms with Crippen LogP contribution in [0.4, 0.5) is 13.2 Å². The SMILES string of the molecule is C1CCC(P(C2CCCCC2)C2CCCCC2)CC1.O=S(=O)(O)C(F)(F)F.[Pd]. The third kappa shape index (κ3) is 8.50. The minimum Gasteiger partial charge on any atom is -0.279 e. The summed E-state index contributed by atoms with van der Waals surface area (Å²) >= 11 is 0. The first-order valence-corrected chi connectivity index (χ1v) is 13.5. The molecule has 0 aromatic carbocycles. The van der Waals surface area contributed by atoms with Gasteiger partial charge in [-0.1, -0.05) is 65.7 Å². The van der Waals surface area contributed by atoms with Crippen LogP contribution in [0.2, 0.25) is 0 Å². The van der Waals surface area contributed by atoms with Gasteiger partial charge in [0.2, 0.25) is 0 Å². The first kappa shape index (κ1) is 26.8. The van der Waals surface area contributed by atoms with Gasteiger partial charge < -0.3 is 0 Å². The standard InChI is InChI=1S/C18H33P.CHF3O3S.Pd/c1-4-10-16(11-5-1)19(17-12-6-2-7-13-17)18-14-8-3-9-15-18;2-1(3,4)8(5,6)7;/h16-18H,1-15H2;(H,5,6,7);. The maximum Gasteiger partial charge on any atom is 0.522 e. The Morgan fingerprint density at radius 3 is 1.04 bits per heavy atom. The van der Waals surface area contributed by atoms with Crippen molar-refractivity contribution in [1.29, 1.82) is 0 Å². The summed E-state index contributed by atoms with van der Waals surface area (Å²) in [6.07, 6.45) is 23.6. The molecule has 3 aliphatic carbocycles. The van der Waals surface area contributed by atoms with Gasteiger partial charge in [-0.3, -0.25) is 4.55 Å². The van der Waals surface area contributed by atoms with E-state index < -0.39 is 15.6 Å². The van der Waals surface area contributed by atoms with Crippen LogP contribution in [-0.2, 0) is 30.5 Å². The molecule has 0 saturated heterocycles. The second-order valence-corrected chi connectivity index (χ2v) is 12.7. The van der Waals surface area contributed by atoms with Crippen LogP contribution >= 0.6 is 7.92 Å². The van der Waals surface area contributed by atoms with Crippen LogP contribution in [0.3, 0.4) is 0 Å². The Morgan fingerprint density at radius 1 is 0.643 bits per heavy atom. The van der Waals surface area contributed by atoms with Crippen molar-refractivity contribution in [1.82, 2.24) is 0 Å². The van der Waals surface area contributed by atoms with E-state index in [0.717, 1.165) is 0 Å². The molecule has 3 aliphatic rings. The van der Waals surface area contributed by atoms with E-state index in [1.54, 1.807) is 77.0 Å². The average molecular weight is 537 g/mol. The van der Waals surface area contributed by atoms with Gasteiger partial charge in [0, 0.05) is 20.4 Å². The Kier molecular flexibility index (Phi) is 12.1. The summed E-state index contributed by atoms with van der Waals surface area (Å²) in [5, 5.41) is 0. The molecule has 0 spiro atoms. The van der Waals surface area contributed by atoms with Gasteiger partial charge in [0.15, 0.2) is 0 Å². The van der Waals surface area contributed by atoms with Crippen molar-refractivity contribution < 1.29 is 46.6 Å². The molecule has 0 unspecified atom stereocenters. The van der Waals surface area contributed by atoms with Crippen LogP contribution in [-0.4, -0.2) is 35.5 Å². The molecule has 3 saturated carbocycles. The largest absolute Gasteiger partial charge is 0.522 e. The second-order valence-electron chi connectivity index (χ2n) is 8.24. The Hall–Kier alpha value is 0.792. The van der Waals surface area contributed by atoms with Crippen molar-refractivity contribution in [3.8, 4) is 0 Å². The van der Waals surface area contributed by atoms with Gasteiger partial charge in [0.05, 0.1) is 0 Å². The number of halogens is 3. The van der Waals surface area contributed by atoms with E-state index >= 15 is 0 Å². The predicted octanol–water partition coefficient (Wildman–Crippen LogP) is 6.86. The van der Waals surface area contributed by atoms with Crippen LogP contribution in [0.5, 0.6) is 0 Å². The number of alkyl halides is 3. The molecule has 170 valence electrons. The van der Waals surface area contributed by atoms with Gasteiger partial charge in [-0.15, -0.1) is 0 Å². The molecule has 0 aromatic heterocycles. The Labute approximate surface area is 183 Å². The molecule has 0 aliphatic heterocycles. The summed E-state index contributed by atoms with van der Waals surface area (Å²) in [6, 6.07) is 0. The van der Waals surface area contributed by atoms with Crippen LogP contribution in [0.15, 0.2) is 0 Å². The van der Waals surface area contributed by atoms with Gasteiger partial charge >= 0.3 is 15.6 Å². The molecule has 0 radical (unpaired) electrons. The number of rotatable bonds is 3. The minimum atomic E-state index is -5.84. The Morgan fingerprint density at radius 2 is 0.857 bits per heavy atom. The Bertz CT molecular complexity index is 484. The minimum absolute atomic E-state index is 0. The zero-order chi connectivity index (χ0) is 19.9. The molecule has 0 aromatic rings. The zero-order valence-electron chi connectivity index (χ0n) is 16.4. The molecule has 3 fully saturated rings. The van der Waals surface area contributed by atoms with E-state index in [2.05, 4.69) is 0 Å². The Balaban J connectivity index is 0.000000376. The first-order valence-electron chi connectivity index (χ1n) is 10.5. The summed E-state index contributed by atoms with van der Waals surface area (Å²) in [5.41, 5.74) is -1.97. The van der Waals surface area contributed by atoms with Crippen molar-refractivity contribution >= 4 is 18.0 Å². The van der Waals surface area contributed by atoms with Crippen molar-refractivity contribution in [2.75, 3.05) is 0 Å². The summed E-state index contributed by atoms with van der Waals surface area (Å²) < 4.78 is 57.5. The van der Waals surface area contributed by atoms with E-state index in [4.69, 9.17) is 13.0 Å². The smallest absolute Gasteiger partial charge is 0.279 e. The molecule has 3 rings (SSSR count). The van der Waals surface area contributed by atoms with E-state index in [9.17, 15) is 13.2 Å². The second kappa shape index (κ2) is 12.6. The van der Waals surface area contributed by atoms with Gasteiger partial charge in [0.25, 0.3) is 0 Å². The van der Waals surface area contributed by atoms with Crippen LogP contribution < -0.4 is 0 Å². The third-order valence-corrected chi connectivity index (χ3v) is 10.9. The molecule has 0 heterocycles. The fraction of sp³-hybridized carbons (Fsp3) is 1.00. The summed E-state index contributed by atoms with van der Waals surface area (Å²) in [6.45, 7) is 0. The molecule has 1 N–H and O–H groups in total. The molecule has 0 atom stereocenters. The topological polar surface area (TPSA) is 54.4 Å². The fourth-order valence-electron chi connectivity index (χ4n) is 5.03. The average Bonchev–Trinajstić information content (AvgIpc) is 2.64. The third-order valence-electron chi connectivity index (χ3n) is 6.28. The van der Waals surface area contributed by atoms with Crippen molar-refractivity contribution in [3.63, 3.8) is 0 Å². The molecular formula is C19H34F3O3PPdS. The maximum absolute atomic E-state index is 10.7. The van der Waals surface area contributed by atoms with Crippen LogP contribution in [0.25, 0.3) is 0 Å². The molecule has 0 amide bonds. The van der Waals surface area contributed by atoms with E-state index in [0.29, 0.717) is 7.92 Å². The van der Waals surface area contributed by atoms with Crippen molar-refractivity contribution in [3.05, 3.63) is 0 Å². The van der Waals surface area contributed by atoms with Gasteiger partial charge in [-0.25, -0.2) is 0 Å². The van der Waals surface area contributed by atoms with E-state index in [1.807, 2.05) is 0 Å². The van der Waals surface area contributed by atoms with E-state index in [-0.39, 0.29) is 20.4 Å². The van der Waals surface area contributed by atoms with Gasteiger partial charge in [-0.2, -0.15) is 21.6 Å². The van der Waals surface area contributed by atoms with Crippen LogP contribution in [0, 0.1) is 0 Å². The zero-order valence-corrected chi connectivity index (χ0v) is 19.7. The van der Waals surface area contributed by atoms with Gasteiger partial charge in [-0.05, 0) is 55.5 Å². The predicted molar refractivity (Wildman–Crippen MR) is 105 cm³/mol. The molecule has 9 heteroatoms. The molecule has 3 nitrogen and oxygen atoms in total. The maximum atomic E-state index is 10.7. The number of hydrogen-bond donors (Lipinski definition) is 1. The first-order chi connectivity index (χ1) is 12.7.